The second kappa shape index (κ2) is 14.0. The third kappa shape index (κ3) is 7.08. The van der Waals surface area contributed by atoms with E-state index in [0.717, 1.165) is 45.6 Å². The predicted molar refractivity (Wildman–Crippen MR) is 195 cm³/mol. The first-order valence-electron chi connectivity index (χ1n) is 17.8. The van der Waals surface area contributed by atoms with Crippen LogP contribution in [0.15, 0.2) is 48.5 Å². The number of hydrogen-bond acceptors (Lipinski definition) is 5. The van der Waals surface area contributed by atoms with E-state index < -0.39 is 20.3 Å². The van der Waals surface area contributed by atoms with E-state index in [2.05, 4.69) is 122 Å². The lowest BCUT2D eigenvalue weighted by Crippen LogP contribution is -2.46. The van der Waals surface area contributed by atoms with Crippen LogP contribution < -0.4 is 5.32 Å². The van der Waals surface area contributed by atoms with Crippen LogP contribution >= 0.6 is 0 Å². The van der Waals surface area contributed by atoms with E-state index in [1.165, 1.54) is 0 Å². The Morgan fingerprint density at radius 3 is 1.27 bits per heavy atom. The van der Waals surface area contributed by atoms with Crippen LogP contribution in [0.25, 0.3) is 0 Å². The first-order chi connectivity index (χ1) is 23.1. The van der Waals surface area contributed by atoms with E-state index >= 15 is 0 Å². The molecule has 5 rings (SSSR count). The standard InChI is InChI=1S/C38H57N5O5Si/c1-11-46-49(47-12-2,48-13-3)24-14-23-39-34(44)45-25-38(10)32-21-19-30(42-32)36(6,7)28-17-15-26(40-28)35(4,5)27-16-18-29(41-27)37(8,9)31-20-22-33(38)43-31/h15-22,40-43H,11-14,23-25H2,1-10H3,(H,39,44). The van der Waals surface area contributed by atoms with Crippen LogP contribution in [0.5, 0.6) is 0 Å². The van der Waals surface area contributed by atoms with Crippen LogP contribution in [0.3, 0.4) is 0 Å². The van der Waals surface area contributed by atoms with E-state index in [-0.39, 0.29) is 22.9 Å². The molecule has 5 heterocycles. The summed E-state index contributed by atoms with van der Waals surface area (Å²) in [5, 5.41) is 2.94. The number of aromatic amines is 4. The molecule has 11 heteroatoms. The van der Waals surface area contributed by atoms with Crippen molar-refractivity contribution in [1.82, 2.24) is 25.3 Å². The number of rotatable bonds is 12. The molecule has 0 radical (unpaired) electrons. The Morgan fingerprint density at radius 2 is 0.918 bits per heavy atom. The zero-order valence-electron chi connectivity index (χ0n) is 31.1. The van der Waals surface area contributed by atoms with Gasteiger partial charge in [-0.3, -0.25) is 0 Å². The van der Waals surface area contributed by atoms with Crippen LogP contribution in [-0.2, 0) is 39.7 Å². The maximum atomic E-state index is 13.1. The van der Waals surface area contributed by atoms with Gasteiger partial charge in [-0.05, 0) is 124 Å². The lowest BCUT2D eigenvalue weighted by molar-refractivity contribution is 0.0706. The van der Waals surface area contributed by atoms with Gasteiger partial charge in [0.05, 0.1) is 5.41 Å². The van der Waals surface area contributed by atoms with Gasteiger partial charge < -0.3 is 43.3 Å². The number of carbonyl (C=O) groups excluding carboxylic acids is 1. The number of hydrogen-bond donors (Lipinski definition) is 5. The molecule has 0 aromatic carbocycles. The second-order valence-corrected chi connectivity index (χ2v) is 17.7. The molecule has 49 heavy (non-hydrogen) atoms. The molecule has 4 aromatic rings. The highest BCUT2D eigenvalue weighted by Crippen LogP contribution is 2.41. The highest BCUT2D eigenvalue weighted by atomic mass is 28.4. The average Bonchev–Trinajstić information content (AvgIpc) is 3.88. The molecule has 0 aliphatic carbocycles. The fourth-order valence-electron chi connectivity index (χ4n) is 6.90. The summed E-state index contributed by atoms with van der Waals surface area (Å²) in [5.41, 5.74) is 6.95. The van der Waals surface area contributed by atoms with Crippen LogP contribution in [0.4, 0.5) is 4.79 Å². The third-order valence-electron chi connectivity index (χ3n) is 10.5. The normalized spacial score (nSPS) is 17.5. The van der Waals surface area contributed by atoms with Gasteiger partial charge in [-0.2, -0.15) is 0 Å². The molecule has 1 amide bonds. The minimum atomic E-state index is -2.78. The van der Waals surface area contributed by atoms with Gasteiger partial charge in [-0.15, -0.1) is 0 Å². The molecule has 0 atom stereocenters. The van der Waals surface area contributed by atoms with Gasteiger partial charge in [-0.1, -0.05) is 0 Å². The summed E-state index contributed by atoms with van der Waals surface area (Å²) in [7, 11) is -2.78. The van der Waals surface area contributed by atoms with E-state index in [4.69, 9.17) is 18.0 Å². The number of H-pyrrole nitrogens is 4. The van der Waals surface area contributed by atoms with Crippen molar-refractivity contribution in [3.8, 4) is 0 Å². The smallest absolute Gasteiger partial charge is 0.448 e. The summed E-state index contributed by atoms with van der Waals surface area (Å²) in [4.78, 5) is 28.2. The Morgan fingerprint density at radius 1 is 0.592 bits per heavy atom. The van der Waals surface area contributed by atoms with Gasteiger partial charge in [0.2, 0.25) is 0 Å². The Kier molecular flexibility index (Phi) is 10.5. The summed E-state index contributed by atoms with van der Waals surface area (Å²) >= 11 is 0. The highest BCUT2D eigenvalue weighted by molar-refractivity contribution is 6.60. The van der Waals surface area contributed by atoms with E-state index in [1.807, 2.05) is 20.8 Å². The van der Waals surface area contributed by atoms with Crippen molar-refractivity contribution in [3.63, 3.8) is 0 Å². The molecule has 5 N–H and O–H groups in total. The van der Waals surface area contributed by atoms with Crippen molar-refractivity contribution in [2.24, 2.45) is 0 Å². The number of amides is 1. The molecule has 8 bridgehead atoms. The predicted octanol–water partition coefficient (Wildman–Crippen LogP) is 7.76. The minimum absolute atomic E-state index is 0.128. The largest absolute Gasteiger partial charge is 0.500 e. The molecular formula is C38H57N5O5Si. The van der Waals surface area contributed by atoms with Crippen LogP contribution in [0.2, 0.25) is 6.04 Å². The summed E-state index contributed by atoms with van der Waals surface area (Å²) in [6.45, 7) is 23.4. The van der Waals surface area contributed by atoms with Crippen molar-refractivity contribution in [2.75, 3.05) is 33.0 Å². The number of carbonyl (C=O) groups is 1. The van der Waals surface area contributed by atoms with E-state index in [0.29, 0.717) is 38.8 Å². The Hall–Kier alpha value is -3.51. The monoisotopic (exact) mass is 691 g/mol. The average molecular weight is 692 g/mol. The summed E-state index contributed by atoms with van der Waals surface area (Å²) in [5.74, 6) is 0. The quantitative estimate of drug-likeness (QED) is 0.0766. The molecule has 268 valence electrons. The van der Waals surface area contributed by atoms with Crippen molar-refractivity contribution in [3.05, 3.63) is 94.1 Å². The number of fused-ring (bicyclic) bond motifs is 8. The maximum Gasteiger partial charge on any atom is 0.500 e. The van der Waals surface area contributed by atoms with E-state index in [9.17, 15) is 4.79 Å². The first-order valence-corrected chi connectivity index (χ1v) is 19.7. The van der Waals surface area contributed by atoms with Crippen molar-refractivity contribution in [2.45, 2.75) is 103 Å². The van der Waals surface area contributed by atoms with Gasteiger partial charge in [-0.25, -0.2) is 4.79 Å². The Labute approximate surface area is 292 Å². The van der Waals surface area contributed by atoms with Gasteiger partial charge in [0.1, 0.15) is 6.61 Å². The molecule has 0 saturated carbocycles. The zero-order valence-corrected chi connectivity index (χ0v) is 32.1. The summed E-state index contributed by atoms with van der Waals surface area (Å²) < 4.78 is 23.9. The molecular weight excluding hydrogens is 635 g/mol. The topological polar surface area (TPSA) is 129 Å². The zero-order chi connectivity index (χ0) is 35.7. The van der Waals surface area contributed by atoms with Crippen LogP contribution in [0, 0.1) is 0 Å². The van der Waals surface area contributed by atoms with Gasteiger partial charge in [0.15, 0.2) is 0 Å². The second-order valence-electron chi connectivity index (χ2n) is 14.9. The van der Waals surface area contributed by atoms with Crippen molar-refractivity contribution < 1.29 is 22.8 Å². The molecule has 0 fully saturated rings. The molecule has 4 aromatic heterocycles. The number of ether oxygens (including phenoxy) is 1. The molecule has 0 saturated heterocycles. The van der Waals surface area contributed by atoms with Crippen molar-refractivity contribution in [1.29, 1.82) is 0 Å². The fourth-order valence-corrected chi connectivity index (χ4v) is 9.52. The first kappa shape index (κ1) is 36.8. The highest BCUT2D eigenvalue weighted by Gasteiger charge is 2.41. The number of alkyl carbamates (subject to hydrolysis) is 1. The van der Waals surface area contributed by atoms with E-state index in [1.54, 1.807) is 0 Å². The molecule has 1 aliphatic rings. The number of aromatic nitrogens is 4. The minimum Gasteiger partial charge on any atom is -0.448 e. The molecule has 0 spiro atoms. The lowest BCUT2D eigenvalue weighted by Gasteiger charge is -2.30. The lowest BCUT2D eigenvalue weighted by atomic mass is 9.84. The summed E-state index contributed by atoms with van der Waals surface area (Å²) in [6.07, 6.45) is 0.186. The van der Waals surface area contributed by atoms with Gasteiger partial charge in [0, 0.05) is 94.2 Å². The molecule has 1 aliphatic heterocycles. The van der Waals surface area contributed by atoms with Crippen LogP contribution in [0.1, 0.15) is 121 Å². The fraction of sp³-hybridized carbons (Fsp3) is 0.553. The Bertz CT molecular complexity index is 1600. The van der Waals surface area contributed by atoms with Gasteiger partial charge >= 0.3 is 14.9 Å². The maximum absolute atomic E-state index is 13.1. The SMILES string of the molecule is CCO[Si](CCCNC(=O)OCC1(C)c2ccc([nH]2)C(C)(C)c2ccc([nH]2)C(C)(C)c2ccc([nH]2)C(C)(C)c2ccc1[nH]2)(OCC)OCC. The Balaban J connectivity index is 1.42. The number of nitrogens with one attached hydrogen (secondary N) is 5. The molecule has 10 nitrogen and oxygen atoms in total. The van der Waals surface area contributed by atoms with Gasteiger partial charge in [0.25, 0.3) is 0 Å². The van der Waals surface area contributed by atoms with Crippen LogP contribution in [-0.4, -0.2) is 67.8 Å². The third-order valence-corrected chi connectivity index (χ3v) is 13.6. The van der Waals surface area contributed by atoms with Crippen molar-refractivity contribution >= 4 is 14.9 Å². The molecule has 0 unspecified atom stereocenters. The summed E-state index contributed by atoms with van der Waals surface area (Å²) in [6, 6.07) is 17.9.